The van der Waals surface area contributed by atoms with Crippen LogP contribution in [0.4, 0.5) is 0 Å². The molecule has 0 aromatic carbocycles. The molecule has 0 aliphatic heterocycles. The van der Waals surface area contributed by atoms with Crippen molar-refractivity contribution >= 4 is 22.5 Å². The zero-order chi connectivity index (χ0) is 8.15. The molecule has 0 fully saturated rings. The summed E-state index contributed by atoms with van der Waals surface area (Å²) < 4.78 is 10.7. The van der Waals surface area contributed by atoms with E-state index in [2.05, 4.69) is 0 Å². The van der Waals surface area contributed by atoms with Crippen molar-refractivity contribution in [1.29, 1.82) is 0 Å². The van der Waals surface area contributed by atoms with Crippen molar-refractivity contribution in [3.63, 3.8) is 0 Å². The number of nitrogens with two attached hydrogens (primary N) is 1. The second kappa shape index (κ2) is 4.16. The lowest BCUT2D eigenvalue weighted by Crippen LogP contribution is -2.22. The molecule has 4 nitrogen and oxygen atoms in total. The Balaban J connectivity index is 3.65. The van der Waals surface area contributed by atoms with E-state index >= 15 is 0 Å². The average molecular weight is 163 g/mol. The molecule has 0 spiro atoms. The molecule has 0 saturated carbocycles. The van der Waals surface area contributed by atoms with E-state index in [1.807, 2.05) is 0 Å². The highest BCUT2D eigenvalue weighted by atomic mass is 32.2. The number of rotatable bonds is 4. The highest BCUT2D eigenvalue weighted by molar-refractivity contribution is 7.86. The fourth-order valence-electron chi connectivity index (χ4n) is 0.436. The van der Waals surface area contributed by atoms with Gasteiger partial charge >= 0.3 is 0 Å². The lowest BCUT2D eigenvalue weighted by molar-refractivity contribution is -0.115. The Bertz CT molecular complexity index is 160. The van der Waals surface area contributed by atoms with Gasteiger partial charge in [-0.05, 0) is 6.92 Å². The van der Waals surface area contributed by atoms with Crippen molar-refractivity contribution < 1.29 is 13.8 Å². The number of ketones is 1. The Kier molecular flexibility index (Phi) is 3.87. The minimum Gasteiger partial charge on any atom is -0.369 e. The first-order chi connectivity index (χ1) is 4.52. The monoisotopic (exact) mass is 163 g/mol. The lowest BCUT2D eigenvalue weighted by Gasteiger charge is -1.92. The van der Waals surface area contributed by atoms with Crippen LogP contribution in [-0.2, 0) is 20.4 Å². The number of amides is 1. The number of Topliss-reactive ketones (excluding diaryl/α,β-unsaturated/α-hetero) is 1. The quantitative estimate of drug-likeness (QED) is 0.566. The summed E-state index contributed by atoms with van der Waals surface area (Å²) in [6, 6.07) is 0. The molecule has 2 N–H and O–H groups in total. The number of hydrogen-bond donors (Lipinski definition) is 1. The van der Waals surface area contributed by atoms with Gasteiger partial charge in [-0.2, -0.15) is 0 Å². The van der Waals surface area contributed by atoms with Gasteiger partial charge < -0.3 is 5.73 Å². The van der Waals surface area contributed by atoms with Crippen molar-refractivity contribution in [1.82, 2.24) is 0 Å². The molecular formula is C5H9NO3S. The molecule has 0 aliphatic carbocycles. The highest BCUT2D eigenvalue weighted by Crippen LogP contribution is 1.81. The molecule has 0 saturated heterocycles. The maximum Gasteiger partial charge on any atom is 0.230 e. The Labute approximate surface area is 61.2 Å². The van der Waals surface area contributed by atoms with Crippen LogP contribution >= 0.6 is 0 Å². The second-order valence-corrected chi connectivity index (χ2v) is 3.35. The van der Waals surface area contributed by atoms with E-state index in [1.165, 1.54) is 6.92 Å². The SMILES string of the molecule is CC(=O)CS(=O)CC(N)=O. The number of carbonyl (C=O) groups excluding carboxylic acids is 2. The first-order valence-corrected chi connectivity index (χ1v) is 4.14. The summed E-state index contributed by atoms with van der Waals surface area (Å²) in [6.07, 6.45) is 0. The summed E-state index contributed by atoms with van der Waals surface area (Å²) in [5.74, 6) is -1.14. The van der Waals surface area contributed by atoms with Gasteiger partial charge in [0, 0.05) is 10.8 Å². The molecular weight excluding hydrogens is 154 g/mol. The number of hydrogen-bond acceptors (Lipinski definition) is 3. The Morgan fingerprint density at radius 3 is 2.20 bits per heavy atom. The molecule has 1 unspecified atom stereocenters. The van der Waals surface area contributed by atoms with Crippen molar-refractivity contribution in [2.45, 2.75) is 6.92 Å². The number of primary amides is 1. The molecule has 1 atom stereocenters. The molecule has 0 aliphatic rings. The molecule has 10 heavy (non-hydrogen) atoms. The number of carbonyl (C=O) groups is 2. The van der Waals surface area contributed by atoms with Gasteiger partial charge in [0.2, 0.25) is 5.91 Å². The average Bonchev–Trinajstić information content (AvgIpc) is 1.58. The van der Waals surface area contributed by atoms with Crippen LogP contribution in [0.15, 0.2) is 0 Å². The summed E-state index contributed by atoms with van der Waals surface area (Å²) in [5.41, 5.74) is 4.73. The van der Waals surface area contributed by atoms with E-state index in [4.69, 9.17) is 5.73 Å². The molecule has 0 aromatic rings. The van der Waals surface area contributed by atoms with Gasteiger partial charge in [-0.1, -0.05) is 0 Å². The van der Waals surface area contributed by atoms with Crippen LogP contribution in [0, 0.1) is 0 Å². The minimum atomic E-state index is -1.40. The maximum absolute atomic E-state index is 10.7. The van der Waals surface area contributed by atoms with Gasteiger partial charge in [0.15, 0.2) is 0 Å². The second-order valence-electron chi connectivity index (χ2n) is 1.90. The molecule has 0 bridgehead atoms. The predicted octanol–water partition coefficient (Wildman–Crippen LogP) is -1.19. The molecule has 1 amide bonds. The molecule has 0 rings (SSSR count). The van der Waals surface area contributed by atoms with Crippen molar-refractivity contribution in [2.24, 2.45) is 5.73 Å². The zero-order valence-electron chi connectivity index (χ0n) is 5.62. The van der Waals surface area contributed by atoms with E-state index in [-0.39, 0.29) is 17.3 Å². The third-order valence-electron chi connectivity index (χ3n) is 0.667. The van der Waals surface area contributed by atoms with Crippen molar-refractivity contribution in [3.05, 3.63) is 0 Å². The Morgan fingerprint density at radius 1 is 1.40 bits per heavy atom. The van der Waals surface area contributed by atoms with Gasteiger partial charge in [-0.15, -0.1) is 0 Å². The summed E-state index contributed by atoms with van der Waals surface area (Å²) >= 11 is 0. The van der Waals surface area contributed by atoms with Crippen LogP contribution in [0.1, 0.15) is 6.92 Å². The normalized spacial score (nSPS) is 12.5. The van der Waals surface area contributed by atoms with Crippen LogP contribution in [-0.4, -0.2) is 27.4 Å². The molecule has 58 valence electrons. The fraction of sp³-hybridized carbons (Fsp3) is 0.600. The van der Waals surface area contributed by atoms with Crippen LogP contribution in [0.25, 0.3) is 0 Å². The summed E-state index contributed by atoms with van der Waals surface area (Å²) in [6.45, 7) is 1.32. The Morgan fingerprint density at radius 2 is 1.90 bits per heavy atom. The van der Waals surface area contributed by atoms with Crippen LogP contribution in [0.5, 0.6) is 0 Å². The minimum absolute atomic E-state index is 0.0804. The fourth-order valence-corrected chi connectivity index (χ4v) is 1.31. The Hall–Kier alpha value is -0.710. The van der Waals surface area contributed by atoms with E-state index in [0.29, 0.717) is 0 Å². The third kappa shape index (κ3) is 5.43. The van der Waals surface area contributed by atoms with Crippen LogP contribution in [0.2, 0.25) is 0 Å². The van der Waals surface area contributed by atoms with Crippen molar-refractivity contribution in [2.75, 3.05) is 11.5 Å². The van der Waals surface area contributed by atoms with Gasteiger partial charge in [0.1, 0.15) is 11.5 Å². The van der Waals surface area contributed by atoms with Crippen molar-refractivity contribution in [3.8, 4) is 0 Å². The van der Waals surface area contributed by atoms with Gasteiger partial charge in [-0.3, -0.25) is 13.8 Å². The lowest BCUT2D eigenvalue weighted by atomic mass is 10.5. The molecule has 0 radical (unpaired) electrons. The highest BCUT2D eigenvalue weighted by Gasteiger charge is 2.05. The summed E-state index contributed by atoms with van der Waals surface area (Å²) in [7, 11) is -1.40. The third-order valence-corrected chi connectivity index (χ3v) is 2.00. The van der Waals surface area contributed by atoms with Gasteiger partial charge in [-0.25, -0.2) is 0 Å². The van der Waals surface area contributed by atoms with E-state index in [1.54, 1.807) is 0 Å². The topological polar surface area (TPSA) is 77.2 Å². The van der Waals surface area contributed by atoms with Crippen LogP contribution in [0.3, 0.4) is 0 Å². The summed E-state index contributed by atoms with van der Waals surface area (Å²) in [4.78, 5) is 20.4. The zero-order valence-corrected chi connectivity index (χ0v) is 6.44. The van der Waals surface area contributed by atoms with Crippen LogP contribution < -0.4 is 5.73 Å². The first-order valence-electron chi connectivity index (χ1n) is 2.65. The smallest absolute Gasteiger partial charge is 0.230 e. The predicted molar refractivity (Wildman–Crippen MR) is 37.8 cm³/mol. The van der Waals surface area contributed by atoms with E-state index in [0.717, 1.165) is 0 Å². The first kappa shape index (κ1) is 9.29. The molecule has 0 aromatic heterocycles. The van der Waals surface area contributed by atoms with E-state index < -0.39 is 16.7 Å². The molecule has 0 heterocycles. The van der Waals surface area contributed by atoms with Gasteiger partial charge in [0.05, 0.1) is 5.75 Å². The van der Waals surface area contributed by atoms with Gasteiger partial charge in [0.25, 0.3) is 0 Å². The maximum atomic E-state index is 10.7. The summed E-state index contributed by atoms with van der Waals surface area (Å²) in [5, 5.41) is 0. The largest absolute Gasteiger partial charge is 0.369 e. The van der Waals surface area contributed by atoms with E-state index in [9.17, 15) is 13.8 Å². The molecule has 5 heteroatoms. The standard InChI is InChI=1S/C5H9NO3S/c1-4(7)2-10(9)3-5(6)8/h2-3H2,1H3,(H2,6,8).